The van der Waals surface area contributed by atoms with Crippen molar-refractivity contribution in [2.24, 2.45) is 11.3 Å². The fourth-order valence-electron chi connectivity index (χ4n) is 3.18. The van der Waals surface area contributed by atoms with Crippen molar-refractivity contribution < 1.29 is 14.2 Å². The van der Waals surface area contributed by atoms with E-state index in [2.05, 4.69) is 12.2 Å². The summed E-state index contributed by atoms with van der Waals surface area (Å²) in [5.41, 5.74) is 0.296. The maximum Gasteiger partial charge on any atom is 0.0700 e. The molecule has 0 bridgehead atoms. The second-order valence-corrected chi connectivity index (χ2v) is 5.88. The first-order valence-corrected chi connectivity index (χ1v) is 7.71. The Bertz CT molecular complexity index is 258. The van der Waals surface area contributed by atoms with Crippen LogP contribution in [-0.4, -0.2) is 52.7 Å². The van der Waals surface area contributed by atoms with E-state index < -0.39 is 0 Å². The van der Waals surface area contributed by atoms with Crippen LogP contribution in [0.1, 0.15) is 32.6 Å². The molecule has 1 aliphatic heterocycles. The molecule has 4 heteroatoms. The van der Waals surface area contributed by atoms with E-state index >= 15 is 0 Å². The summed E-state index contributed by atoms with van der Waals surface area (Å²) in [6.45, 7) is 7.39. The van der Waals surface area contributed by atoms with E-state index in [0.29, 0.717) is 24.7 Å². The Hall–Kier alpha value is -0.160. The van der Waals surface area contributed by atoms with Crippen molar-refractivity contribution >= 4 is 0 Å². The minimum Gasteiger partial charge on any atom is -0.382 e. The zero-order valence-electron chi connectivity index (χ0n) is 12.5. The van der Waals surface area contributed by atoms with Gasteiger partial charge in [0.2, 0.25) is 0 Å². The van der Waals surface area contributed by atoms with Gasteiger partial charge in [-0.25, -0.2) is 0 Å². The number of ether oxygens (including phenoxy) is 3. The van der Waals surface area contributed by atoms with Gasteiger partial charge >= 0.3 is 0 Å². The molecule has 1 saturated carbocycles. The highest BCUT2D eigenvalue weighted by molar-refractivity contribution is 5.00. The Labute approximate surface area is 117 Å². The van der Waals surface area contributed by atoms with Crippen LogP contribution in [0, 0.1) is 11.3 Å². The first-order valence-electron chi connectivity index (χ1n) is 7.71. The largest absolute Gasteiger partial charge is 0.382 e. The van der Waals surface area contributed by atoms with Crippen molar-refractivity contribution in [3.05, 3.63) is 0 Å². The molecule has 1 N–H and O–H groups in total. The highest BCUT2D eigenvalue weighted by atomic mass is 16.5. The van der Waals surface area contributed by atoms with Crippen LogP contribution in [0.15, 0.2) is 0 Å². The van der Waals surface area contributed by atoms with Gasteiger partial charge in [0, 0.05) is 32.3 Å². The molecule has 1 saturated heterocycles. The first kappa shape index (κ1) is 15.2. The minimum atomic E-state index is 0.296. The molecule has 0 aromatic rings. The Morgan fingerprint density at radius 3 is 2.79 bits per heavy atom. The summed E-state index contributed by atoms with van der Waals surface area (Å²) in [5, 5.41) is 3.54. The first-order chi connectivity index (χ1) is 9.32. The smallest absolute Gasteiger partial charge is 0.0700 e. The maximum absolute atomic E-state index is 6.05. The predicted octanol–water partition coefficient (Wildman–Crippen LogP) is 1.83. The van der Waals surface area contributed by atoms with Gasteiger partial charge in [-0.2, -0.15) is 0 Å². The van der Waals surface area contributed by atoms with Crippen LogP contribution in [0.2, 0.25) is 0 Å². The Morgan fingerprint density at radius 1 is 1.26 bits per heavy atom. The fourth-order valence-corrected chi connectivity index (χ4v) is 3.18. The van der Waals surface area contributed by atoms with Crippen molar-refractivity contribution in [2.45, 2.75) is 38.7 Å². The van der Waals surface area contributed by atoms with E-state index in [4.69, 9.17) is 14.2 Å². The van der Waals surface area contributed by atoms with Crippen molar-refractivity contribution in [2.75, 3.05) is 46.6 Å². The van der Waals surface area contributed by atoms with Gasteiger partial charge in [0.25, 0.3) is 0 Å². The molecule has 0 aromatic carbocycles. The predicted molar refractivity (Wildman–Crippen MR) is 75.4 cm³/mol. The van der Waals surface area contributed by atoms with Crippen LogP contribution in [0.3, 0.4) is 0 Å². The molecule has 2 fully saturated rings. The van der Waals surface area contributed by atoms with Gasteiger partial charge in [-0.05, 0) is 38.1 Å². The van der Waals surface area contributed by atoms with Crippen molar-refractivity contribution in [1.29, 1.82) is 0 Å². The highest BCUT2D eigenvalue weighted by Gasteiger charge is 2.50. The minimum absolute atomic E-state index is 0.296. The summed E-state index contributed by atoms with van der Waals surface area (Å²) in [6, 6.07) is 0. The maximum atomic E-state index is 6.05. The van der Waals surface area contributed by atoms with E-state index in [1.54, 1.807) is 7.11 Å². The van der Waals surface area contributed by atoms with Gasteiger partial charge in [-0.15, -0.1) is 0 Å². The molecule has 19 heavy (non-hydrogen) atoms. The lowest BCUT2D eigenvalue weighted by Gasteiger charge is -2.34. The summed E-state index contributed by atoms with van der Waals surface area (Å²) in [5.74, 6) is 0.806. The Balaban J connectivity index is 1.83. The third-order valence-electron chi connectivity index (χ3n) is 4.45. The second-order valence-electron chi connectivity index (χ2n) is 5.88. The Morgan fingerprint density at radius 2 is 2.11 bits per heavy atom. The van der Waals surface area contributed by atoms with Gasteiger partial charge in [-0.3, -0.25) is 0 Å². The molecule has 4 nitrogen and oxygen atoms in total. The average Bonchev–Trinajstić information content (AvgIpc) is 3.18. The summed E-state index contributed by atoms with van der Waals surface area (Å²) in [6.07, 6.45) is 5.43. The van der Waals surface area contributed by atoms with E-state index in [1.165, 1.54) is 19.3 Å². The molecule has 0 aromatic heterocycles. The van der Waals surface area contributed by atoms with Gasteiger partial charge in [0.1, 0.15) is 0 Å². The van der Waals surface area contributed by atoms with Crippen LogP contribution >= 0.6 is 0 Å². The Kier molecular flexibility index (Phi) is 6.07. The molecule has 2 atom stereocenters. The fraction of sp³-hybridized carbons (Fsp3) is 1.00. The molecule has 0 amide bonds. The second kappa shape index (κ2) is 7.58. The van der Waals surface area contributed by atoms with Crippen LogP contribution in [-0.2, 0) is 14.2 Å². The highest BCUT2D eigenvalue weighted by Crippen LogP contribution is 2.49. The van der Waals surface area contributed by atoms with Gasteiger partial charge in [0.15, 0.2) is 0 Å². The van der Waals surface area contributed by atoms with Crippen LogP contribution in [0.4, 0.5) is 0 Å². The normalized spacial score (nSPS) is 30.9. The van der Waals surface area contributed by atoms with Crippen LogP contribution in [0.5, 0.6) is 0 Å². The van der Waals surface area contributed by atoms with Gasteiger partial charge < -0.3 is 19.5 Å². The standard InChI is InChI=1S/C15H29NO3/c1-3-16-12-15(6-8-18-11-10-17-2)7-9-19-14(15)13-4-5-13/h13-14,16H,3-12H2,1-2H3. The lowest BCUT2D eigenvalue weighted by atomic mass is 9.76. The summed E-state index contributed by atoms with van der Waals surface area (Å²) in [4.78, 5) is 0. The molecule has 2 unspecified atom stereocenters. The number of hydrogen-bond acceptors (Lipinski definition) is 4. The number of nitrogens with one attached hydrogen (secondary N) is 1. The third-order valence-corrected chi connectivity index (χ3v) is 4.45. The molecule has 112 valence electrons. The SMILES string of the molecule is CCNCC1(CCOCCOC)CCOC1C1CC1. The summed E-state index contributed by atoms with van der Waals surface area (Å²) >= 11 is 0. The van der Waals surface area contributed by atoms with E-state index in [-0.39, 0.29) is 0 Å². The molecular weight excluding hydrogens is 242 g/mol. The van der Waals surface area contributed by atoms with Crippen LogP contribution in [0.25, 0.3) is 0 Å². The topological polar surface area (TPSA) is 39.7 Å². The third kappa shape index (κ3) is 4.15. The van der Waals surface area contributed by atoms with Crippen molar-refractivity contribution in [3.63, 3.8) is 0 Å². The van der Waals surface area contributed by atoms with E-state index in [9.17, 15) is 0 Å². The molecule has 2 rings (SSSR count). The van der Waals surface area contributed by atoms with Gasteiger partial charge in [0.05, 0.1) is 19.3 Å². The number of hydrogen-bond donors (Lipinski definition) is 1. The summed E-state index contributed by atoms with van der Waals surface area (Å²) < 4.78 is 16.7. The molecular formula is C15H29NO3. The number of methoxy groups -OCH3 is 1. The van der Waals surface area contributed by atoms with Gasteiger partial charge in [-0.1, -0.05) is 6.92 Å². The lowest BCUT2D eigenvalue weighted by Crippen LogP contribution is -2.42. The van der Waals surface area contributed by atoms with Crippen molar-refractivity contribution in [3.8, 4) is 0 Å². The molecule has 0 spiro atoms. The monoisotopic (exact) mass is 271 g/mol. The summed E-state index contributed by atoms with van der Waals surface area (Å²) in [7, 11) is 1.71. The van der Waals surface area contributed by atoms with E-state index in [0.717, 1.165) is 38.6 Å². The average molecular weight is 271 g/mol. The zero-order chi connectivity index (χ0) is 13.6. The molecule has 2 aliphatic rings. The lowest BCUT2D eigenvalue weighted by molar-refractivity contribution is 0.00217. The molecule has 1 aliphatic carbocycles. The zero-order valence-corrected chi connectivity index (χ0v) is 12.5. The molecule has 0 radical (unpaired) electrons. The number of rotatable bonds is 10. The quantitative estimate of drug-likeness (QED) is 0.615. The van der Waals surface area contributed by atoms with Crippen molar-refractivity contribution in [1.82, 2.24) is 5.32 Å². The van der Waals surface area contributed by atoms with E-state index in [1.807, 2.05) is 0 Å². The molecule has 1 heterocycles. The van der Waals surface area contributed by atoms with Crippen LogP contribution < -0.4 is 5.32 Å².